The van der Waals surface area contributed by atoms with E-state index >= 15 is 0 Å². The van der Waals surface area contributed by atoms with Crippen LogP contribution in [-0.4, -0.2) is 23.0 Å². The molecule has 0 bridgehead atoms. The Morgan fingerprint density at radius 2 is 1.90 bits per heavy atom. The van der Waals surface area contributed by atoms with Crippen LogP contribution in [0.3, 0.4) is 0 Å². The van der Waals surface area contributed by atoms with Crippen molar-refractivity contribution in [2.75, 3.05) is 7.11 Å². The van der Waals surface area contributed by atoms with Gasteiger partial charge in [0.15, 0.2) is 5.92 Å². The maximum Gasteiger partial charge on any atom is 0.336 e. The minimum Gasteiger partial charge on any atom is -0.468 e. The van der Waals surface area contributed by atoms with E-state index in [0.29, 0.717) is 28.8 Å². The standard InChI is InChI=1S/C23H17N3O5/c1-3-13-10-20(27)31-19-11-14(8-9-15(13)19)30-22-21(16(12-24)23(28)29-2)25-17-6-4-5-7-18(17)26-22/h4-11,16H,3H2,1-2H3/t16-/m1/s1. The van der Waals surface area contributed by atoms with Crippen molar-refractivity contribution in [2.24, 2.45) is 0 Å². The van der Waals surface area contributed by atoms with Gasteiger partial charge >= 0.3 is 11.6 Å². The minimum absolute atomic E-state index is 0.0102. The summed E-state index contributed by atoms with van der Waals surface area (Å²) in [5, 5.41) is 10.3. The lowest BCUT2D eigenvalue weighted by molar-refractivity contribution is -0.141. The van der Waals surface area contributed by atoms with Crippen LogP contribution >= 0.6 is 0 Å². The third kappa shape index (κ3) is 3.81. The molecule has 0 fully saturated rings. The second kappa shape index (κ2) is 8.24. The molecule has 0 amide bonds. The van der Waals surface area contributed by atoms with Gasteiger partial charge in [-0.05, 0) is 36.2 Å². The Kier molecular flexibility index (Phi) is 5.33. The number of para-hydroxylation sites is 2. The van der Waals surface area contributed by atoms with Crippen molar-refractivity contribution in [2.45, 2.75) is 19.3 Å². The van der Waals surface area contributed by atoms with Gasteiger partial charge in [-0.3, -0.25) is 4.79 Å². The van der Waals surface area contributed by atoms with Gasteiger partial charge in [0.1, 0.15) is 17.0 Å². The number of hydrogen-bond acceptors (Lipinski definition) is 8. The zero-order valence-corrected chi connectivity index (χ0v) is 16.8. The fourth-order valence-corrected chi connectivity index (χ4v) is 3.28. The first-order valence-electron chi connectivity index (χ1n) is 9.52. The summed E-state index contributed by atoms with van der Waals surface area (Å²) >= 11 is 0. The fraction of sp³-hybridized carbons (Fsp3) is 0.174. The lowest BCUT2D eigenvalue weighted by atomic mass is 10.1. The Morgan fingerprint density at radius 1 is 1.16 bits per heavy atom. The summed E-state index contributed by atoms with van der Waals surface area (Å²) in [6.07, 6.45) is 0.672. The molecule has 0 aliphatic carbocycles. The summed E-state index contributed by atoms with van der Waals surface area (Å²) in [7, 11) is 1.19. The van der Waals surface area contributed by atoms with Crippen molar-refractivity contribution in [1.82, 2.24) is 9.97 Å². The van der Waals surface area contributed by atoms with Gasteiger partial charge in [-0.1, -0.05) is 19.1 Å². The number of fused-ring (bicyclic) bond motifs is 2. The summed E-state index contributed by atoms with van der Waals surface area (Å²) in [4.78, 5) is 32.9. The number of hydrogen-bond donors (Lipinski definition) is 0. The van der Waals surface area contributed by atoms with E-state index in [0.717, 1.165) is 10.9 Å². The molecule has 154 valence electrons. The highest BCUT2D eigenvalue weighted by Gasteiger charge is 2.28. The van der Waals surface area contributed by atoms with Gasteiger partial charge in [0.05, 0.1) is 24.2 Å². The lowest BCUT2D eigenvalue weighted by Crippen LogP contribution is -2.15. The van der Waals surface area contributed by atoms with Gasteiger partial charge in [-0.15, -0.1) is 0 Å². The molecular formula is C23H17N3O5. The van der Waals surface area contributed by atoms with E-state index in [1.165, 1.54) is 13.2 Å². The fourth-order valence-electron chi connectivity index (χ4n) is 3.28. The molecule has 0 aliphatic rings. The molecular weight excluding hydrogens is 398 g/mol. The van der Waals surface area contributed by atoms with Gasteiger partial charge < -0.3 is 13.9 Å². The first-order valence-corrected chi connectivity index (χ1v) is 9.52. The molecule has 0 aliphatic heterocycles. The number of methoxy groups -OCH3 is 1. The van der Waals surface area contributed by atoms with Crippen LogP contribution < -0.4 is 10.4 Å². The Labute approximate surface area is 176 Å². The zero-order chi connectivity index (χ0) is 22.0. The maximum absolute atomic E-state index is 12.1. The third-order valence-corrected chi connectivity index (χ3v) is 4.80. The predicted octanol–water partition coefficient (Wildman–Crippen LogP) is 3.87. The van der Waals surface area contributed by atoms with Crippen LogP contribution in [0.15, 0.2) is 57.7 Å². The molecule has 0 saturated carbocycles. The number of carbonyl (C=O) groups excluding carboxylic acids is 1. The number of esters is 1. The third-order valence-electron chi connectivity index (χ3n) is 4.80. The van der Waals surface area contributed by atoms with Crippen molar-refractivity contribution in [3.63, 3.8) is 0 Å². The molecule has 8 nitrogen and oxygen atoms in total. The lowest BCUT2D eigenvalue weighted by Gasteiger charge is -2.13. The molecule has 8 heteroatoms. The topological polar surface area (TPSA) is 115 Å². The number of carbonyl (C=O) groups is 1. The molecule has 31 heavy (non-hydrogen) atoms. The highest BCUT2D eigenvalue weighted by molar-refractivity contribution is 5.84. The van der Waals surface area contributed by atoms with E-state index in [-0.39, 0.29) is 11.6 Å². The molecule has 4 aromatic rings. The van der Waals surface area contributed by atoms with E-state index < -0.39 is 17.5 Å². The molecule has 0 radical (unpaired) electrons. The second-order valence-electron chi connectivity index (χ2n) is 6.69. The van der Waals surface area contributed by atoms with Crippen LogP contribution in [0.4, 0.5) is 0 Å². The number of nitrogens with zero attached hydrogens (tertiary/aromatic N) is 3. The van der Waals surface area contributed by atoms with Crippen molar-refractivity contribution in [3.05, 3.63) is 70.2 Å². The summed E-state index contributed by atoms with van der Waals surface area (Å²) in [5.74, 6) is -1.78. The summed E-state index contributed by atoms with van der Waals surface area (Å²) in [6, 6.07) is 15.4. The normalized spacial score (nSPS) is 11.8. The summed E-state index contributed by atoms with van der Waals surface area (Å²) in [5.41, 5.74) is 1.84. The Balaban J connectivity index is 1.85. The van der Waals surface area contributed by atoms with Crippen molar-refractivity contribution in [1.29, 1.82) is 5.26 Å². The second-order valence-corrected chi connectivity index (χ2v) is 6.69. The Bertz CT molecular complexity index is 1400. The molecule has 0 unspecified atom stereocenters. The van der Waals surface area contributed by atoms with E-state index in [2.05, 4.69) is 9.97 Å². The van der Waals surface area contributed by atoms with Crippen molar-refractivity contribution >= 4 is 28.0 Å². The minimum atomic E-state index is -1.32. The number of nitriles is 1. The van der Waals surface area contributed by atoms with Crippen LogP contribution in [0.2, 0.25) is 0 Å². The van der Waals surface area contributed by atoms with Gasteiger partial charge in [0, 0.05) is 17.5 Å². The highest BCUT2D eigenvalue weighted by atomic mass is 16.5. The van der Waals surface area contributed by atoms with Crippen LogP contribution in [0.25, 0.3) is 22.0 Å². The number of benzene rings is 2. The molecule has 2 heterocycles. The van der Waals surface area contributed by atoms with E-state index in [9.17, 15) is 14.9 Å². The predicted molar refractivity (Wildman–Crippen MR) is 112 cm³/mol. The number of ether oxygens (including phenoxy) is 2. The number of aryl methyl sites for hydroxylation is 1. The van der Waals surface area contributed by atoms with Crippen molar-refractivity contribution < 1.29 is 18.7 Å². The van der Waals surface area contributed by atoms with E-state index in [1.54, 1.807) is 42.5 Å². The smallest absolute Gasteiger partial charge is 0.336 e. The van der Waals surface area contributed by atoms with Crippen LogP contribution in [0.5, 0.6) is 11.6 Å². The van der Waals surface area contributed by atoms with E-state index in [4.69, 9.17) is 13.9 Å². The molecule has 0 spiro atoms. The monoisotopic (exact) mass is 415 g/mol. The summed E-state index contributed by atoms with van der Waals surface area (Å²) in [6.45, 7) is 1.95. The van der Waals surface area contributed by atoms with Gasteiger partial charge in [-0.2, -0.15) is 5.26 Å². The van der Waals surface area contributed by atoms with E-state index in [1.807, 2.05) is 13.0 Å². The average Bonchev–Trinajstić information content (AvgIpc) is 2.78. The molecule has 0 saturated heterocycles. The zero-order valence-electron chi connectivity index (χ0n) is 16.8. The molecule has 2 aromatic carbocycles. The number of rotatable bonds is 5. The first kappa shape index (κ1) is 20.0. The summed E-state index contributed by atoms with van der Waals surface area (Å²) < 4.78 is 16.0. The van der Waals surface area contributed by atoms with Crippen LogP contribution in [-0.2, 0) is 16.0 Å². The molecule has 0 N–H and O–H groups in total. The largest absolute Gasteiger partial charge is 0.468 e. The van der Waals surface area contributed by atoms with Gasteiger partial charge in [0.25, 0.3) is 0 Å². The van der Waals surface area contributed by atoms with Crippen LogP contribution in [0.1, 0.15) is 24.1 Å². The molecule has 2 aromatic heterocycles. The van der Waals surface area contributed by atoms with Crippen LogP contribution in [0, 0.1) is 11.3 Å². The van der Waals surface area contributed by atoms with Gasteiger partial charge in [0.2, 0.25) is 5.88 Å². The first-order chi connectivity index (χ1) is 15.0. The Hall–Kier alpha value is -4.25. The molecule has 1 atom stereocenters. The van der Waals surface area contributed by atoms with Crippen molar-refractivity contribution in [3.8, 4) is 17.7 Å². The molecule has 4 rings (SSSR count). The quantitative estimate of drug-likeness (QED) is 0.356. The maximum atomic E-state index is 12.1. The SMILES string of the molecule is CCc1cc(=O)oc2cc(Oc3nc4ccccc4nc3[C@@H](C#N)C(=O)OC)ccc12. The highest BCUT2D eigenvalue weighted by Crippen LogP contribution is 2.32. The Morgan fingerprint density at radius 3 is 2.58 bits per heavy atom. The van der Waals surface area contributed by atoms with Gasteiger partial charge in [-0.25, -0.2) is 14.8 Å². The number of aromatic nitrogens is 2. The average molecular weight is 415 g/mol.